The van der Waals surface area contributed by atoms with Crippen molar-refractivity contribution in [3.05, 3.63) is 171 Å². The Hall–Kier alpha value is -7.28. The fourth-order valence-corrected chi connectivity index (χ4v) is 11.5. The van der Waals surface area contributed by atoms with E-state index in [4.69, 9.17) is 0 Å². The third kappa shape index (κ3) is 10.2. The Labute approximate surface area is 409 Å². The highest BCUT2D eigenvalue weighted by Gasteiger charge is 2.29. The zero-order valence-corrected chi connectivity index (χ0v) is 40.8. The fraction of sp³-hybridized carbons (Fsp3) is 0.233. The summed E-state index contributed by atoms with van der Waals surface area (Å²) >= 11 is 3.25. The van der Waals surface area contributed by atoms with E-state index in [9.17, 15) is 25.7 Å². The minimum absolute atomic E-state index is 0.0553. The Balaban J connectivity index is 1.16. The lowest BCUT2D eigenvalue weighted by Gasteiger charge is -2.26. The van der Waals surface area contributed by atoms with Crippen LogP contribution < -0.4 is 4.90 Å². The zero-order valence-electron chi connectivity index (χ0n) is 39.2. The summed E-state index contributed by atoms with van der Waals surface area (Å²) in [6.45, 7) is 8.63. The van der Waals surface area contributed by atoms with Crippen LogP contribution in [0.1, 0.15) is 103 Å². The van der Waals surface area contributed by atoms with Crippen LogP contribution in [0.4, 0.5) is 17.1 Å². The van der Waals surface area contributed by atoms with Crippen LogP contribution in [0.2, 0.25) is 0 Å². The highest BCUT2D eigenvalue weighted by molar-refractivity contribution is 7.19. The van der Waals surface area contributed by atoms with Crippen LogP contribution in [0.5, 0.6) is 0 Å². The van der Waals surface area contributed by atoms with Gasteiger partial charge in [0.05, 0.1) is 0 Å². The van der Waals surface area contributed by atoms with Crippen molar-refractivity contribution in [3.8, 4) is 60.7 Å². The van der Waals surface area contributed by atoms with E-state index in [1.54, 1.807) is 11.3 Å². The molecule has 5 aromatic carbocycles. The summed E-state index contributed by atoms with van der Waals surface area (Å²) in [7, 11) is 0. The molecule has 1 aliphatic carbocycles. The number of unbranched alkanes of at least 4 members (excludes halogenated alkanes) is 6. The van der Waals surface area contributed by atoms with Gasteiger partial charge in [0.2, 0.25) is 0 Å². The van der Waals surface area contributed by atoms with Gasteiger partial charge in [-0.15, -0.1) is 22.7 Å². The maximum atomic E-state index is 11.9. The van der Waals surface area contributed by atoms with E-state index >= 15 is 0 Å². The van der Waals surface area contributed by atoms with Gasteiger partial charge in [0.25, 0.3) is 0 Å². The third-order valence-corrected chi connectivity index (χ3v) is 15.2. The predicted molar refractivity (Wildman–Crippen MR) is 282 cm³/mol. The number of aliphatic carboxylic acids is 1. The molecule has 0 radical (unpaired) electrons. The molecule has 0 fully saturated rings. The van der Waals surface area contributed by atoms with Crippen molar-refractivity contribution in [1.82, 2.24) is 0 Å². The van der Waals surface area contributed by atoms with Gasteiger partial charge in [-0.3, -0.25) is 0 Å². The van der Waals surface area contributed by atoms with Gasteiger partial charge in [0.15, 0.2) is 0 Å². The molecule has 6 nitrogen and oxygen atoms in total. The third-order valence-electron chi connectivity index (χ3n) is 12.8. The molecule has 1 N–H and O–H groups in total. The van der Waals surface area contributed by atoms with Gasteiger partial charge in [-0.25, -0.2) is 4.79 Å². The van der Waals surface area contributed by atoms with Crippen LogP contribution in [0.25, 0.3) is 54.1 Å². The van der Waals surface area contributed by atoms with E-state index in [-0.39, 0.29) is 11.1 Å². The number of nitriles is 3. The van der Waals surface area contributed by atoms with E-state index in [0.717, 1.165) is 116 Å². The Kier molecular flexibility index (Phi) is 15.0. The summed E-state index contributed by atoms with van der Waals surface area (Å²) in [5, 5.41) is 40.1. The van der Waals surface area contributed by atoms with Crippen molar-refractivity contribution in [3.63, 3.8) is 0 Å². The molecule has 0 saturated heterocycles. The highest BCUT2D eigenvalue weighted by atomic mass is 32.1. The molecule has 2 aromatic heterocycles. The predicted octanol–water partition coefficient (Wildman–Crippen LogP) is 17.0. The van der Waals surface area contributed by atoms with E-state index in [2.05, 4.69) is 166 Å². The van der Waals surface area contributed by atoms with E-state index in [0.29, 0.717) is 5.57 Å². The fourth-order valence-electron chi connectivity index (χ4n) is 9.09. The first-order valence-corrected chi connectivity index (χ1v) is 25.3. The summed E-state index contributed by atoms with van der Waals surface area (Å²) in [5.41, 5.74) is 15.1. The average Bonchev–Trinajstić information content (AvgIpc) is 4.06. The summed E-state index contributed by atoms with van der Waals surface area (Å²) in [4.78, 5) is 18.2. The molecule has 1 aliphatic rings. The van der Waals surface area contributed by atoms with Crippen LogP contribution in [0.3, 0.4) is 0 Å². The number of nitrogens with zero attached hydrogens (tertiary/aromatic N) is 4. The van der Waals surface area contributed by atoms with Crippen molar-refractivity contribution in [2.45, 2.75) is 91.9 Å². The molecule has 8 heteroatoms. The second kappa shape index (κ2) is 21.6. The number of fused-ring (bicyclic) bond motifs is 3. The molecule has 0 aliphatic heterocycles. The van der Waals surface area contributed by atoms with Crippen molar-refractivity contribution in [2.75, 3.05) is 4.90 Å². The van der Waals surface area contributed by atoms with Crippen molar-refractivity contribution < 1.29 is 9.90 Å². The summed E-state index contributed by atoms with van der Waals surface area (Å²) in [5.74, 6) is -1.25. The molecular weight excluding hydrogens is 873 g/mol. The standard InChI is InChI=1S/C60H54N4O2S2/c1-5-7-9-11-13-42-33-55(67-56(42)35-46(36-61)60(65)66)43-21-29-51-52-30-22-44(32-54(52)58(53(51)31-43)47(37-62)38-63)57-34-45(14-12-10-8-6-2)59(68-57)41-19-27-50(28-20-41)64(48-23-15-39(3)16-24-48)49-25-17-40(4)18-26-49/h15-35H,5-14H2,1-4H3,(H,65,66)/b46-35-. The first kappa shape index (κ1) is 47.2. The van der Waals surface area contributed by atoms with E-state index in [1.165, 1.54) is 63.8 Å². The first-order valence-electron chi connectivity index (χ1n) is 23.6. The minimum atomic E-state index is -1.25. The number of benzene rings is 5. The highest BCUT2D eigenvalue weighted by Crippen LogP contribution is 2.50. The van der Waals surface area contributed by atoms with E-state index in [1.807, 2.05) is 6.07 Å². The number of carbonyl (C=O) groups is 1. The minimum Gasteiger partial charge on any atom is -0.477 e. The topological polar surface area (TPSA) is 112 Å². The molecule has 0 spiro atoms. The van der Waals surface area contributed by atoms with Crippen molar-refractivity contribution in [1.29, 1.82) is 15.8 Å². The molecule has 2 heterocycles. The SMILES string of the molecule is CCCCCCc1cc(-c2ccc3c(c2)C(=C(C#N)C#N)c2cc(-c4cc(CCCCCC)c(-c5ccc(N(c6ccc(C)cc6)c6ccc(C)cc6)cc5)s4)ccc2-3)sc1/C=C(/C#N)C(=O)O. The molecule has 7 aromatic rings. The average molecular weight is 927 g/mol. The molecule has 8 rings (SSSR count). The number of carboxylic acid groups (broad SMARTS) is 1. The van der Waals surface area contributed by atoms with Crippen LogP contribution >= 0.6 is 22.7 Å². The largest absolute Gasteiger partial charge is 0.477 e. The normalized spacial score (nSPS) is 11.7. The quantitative estimate of drug-likeness (QED) is 0.0521. The second-order valence-electron chi connectivity index (χ2n) is 17.6. The number of anilines is 3. The Morgan fingerprint density at radius 1 is 0.559 bits per heavy atom. The number of hydrogen-bond acceptors (Lipinski definition) is 7. The summed E-state index contributed by atoms with van der Waals surface area (Å²) < 4.78 is 0. The number of thiophene rings is 2. The molecule has 68 heavy (non-hydrogen) atoms. The Bertz CT molecular complexity index is 3100. The first-order chi connectivity index (χ1) is 33.1. The van der Waals surface area contributed by atoms with E-state index < -0.39 is 5.97 Å². The molecule has 338 valence electrons. The van der Waals surface area contributed by atoms with Crippen LogP contribution in [0.15, 0.2) is 132 Å². The lowest BCUT2D eigenvalue weighted by atomic mass is 9.96. The molecule has 0 atom stereocenters. The maximum Gasteiger partial charge on any atom is 0.346 e. The molecule has 0 amide bonds. The Morgan fingerprint density at radius 2 is 1.03 bits per heavy atom. The van der Waals surface area contributed by atoms with Gasteiger partial charge in [0, 0.05) is 42.1 Å². The number of allylic oxidation sites excluding steroid dienone is 1. The molecular formula is C60H54N4O2S2. The van der Waals surface area contributed by atoms with Gasteiger partial charge in [-0.2, -0.15) is 15.8 Å². The lowest BCUT2D eigenvalue weighted by Crippen LogP contribution is -2.09. The Morgan fingerprint density at radius 3 is 1.51 bits per heavy atom. The number of rotatable bonds is 18. The van der Waals surface area contributed by atoms with Gasteiger partial charge < -0.3 is 10.0 Å². The summed E-state index contributed by atoms with van der Waals surface area (Å²) in [6, 6.07) is 49.6. The molecule has 0 unspecified atom stereocenters. The lowest BCUT2D eigenvalue weighted by molar-refractivity contribution is -0.132. The monoisotopic (exact) mass is 926 g/mol. The van der Waals surface area contributed by atoms with Gasteiger partial charge in [-0.05, 0) is 156 Å². The molecule has 0 saturated carbocycles. The van der Waals surface area contributed by atoms with Gasteiger partial charge in [-0.1, -0.05) is 124 Å². The van der Waals surface area contributed by atoms with Crippen LogP contribution in [-0.2, 0) is 17.6 Å². The number of hydrogen-bond donors (Lipinski definition) is 1. The number of aryl methyl sites for hydroxylation is 4. The van der Waals surface area contributed by atoms with Crippen LogP contribution in [0, 0.1) is 47.8 Å². The number of carboxylic acids is 1. The van der Waals surface area contributed by atoms with Gasteiger partial charge in [0.1, 0.15) is 29.4 Å². The van der Waals surface area contributed by atoms with Crippen molar-refractivity contribution >= 4 is 57.4 Å². The zero-order chi connectivity index (χ0) is 47.7. The molecule has 0 bridgehead atoms. The van der Waals surface area contributed by atoms with Crippen LogP contribution in [-0.4, -0.2) is 11.1 Å². The maximum absolute atomic E-state index is 11.9. The smallest absolute Gasteiger partial charge is 0.346 e. The van der Waals surface area contributed by atoms with Gasteiger partial charge >= 0.3 is 5.97 Å². The summed E-state index contributed by atoms with van der Waals surface area (Å²) in [6.07, 6.45) is 12.1. The second-order valence-corrected chi connectivity index (χ2v) is 19.7. The van der Waals surface area contributed by atoms with Crippen molar-refractivity contribution in [2.24, 2.45) is 0 Å².